The number of hydrogen-bond acceptors (Lipinski definition) is 2. The van der Waals surface area contributed by atoms with Crippen LogP contribution in [0, 0.1) is 5.92 Å². The molecule has 0 aromatic heterocycles. The molecule has 13 heavy (non-hydrogen) atoms. The van der Waals surface area contributed by atoms with Crippen LogP contribution in [0.2, 0.25) is 0 Å². The summed E-state index contributed by atoms with van der Waals surface area (Å²) in [5, 5.41) is 0. The second kappa shape index (κ2) is 3.58. The average Bonchev–Trinajstić information content (AvgIpc) is 2.65. The first-order valence-corrected chi connectivity index (χ1v) is 5.59. The number of rotatable bonds is 3. The minimum Gasteiger partial charge on any atom is -0.375 e. The monoisotopic (exact) mass is 183 g/mol. The molecule has 2 nitrogen and oxygen atoms in total. The van der Waals surface area contributed by atoms with E-state index >= 15 is 0 Å². The molecule has 2 aliphatic heterocycles. The van der Waals surface area contributed by atoms with Crippen molar-refractivity contribution in [3.63, 3.8) is 0 Å². The Labute approximate surface area is 81.3 Å². The molecule has 0 saturated carbocycles. The lowest BCUT2D eigenvalue weighted by molar-refractivity contribution is 0.000934. The van der Waals surface area contributed by atoms with Crippen LogP contribution in [0.1, 0.15) is 33.6 Å². The molecule has 76 valence electrons. The van der Waals surface area contributed by atoms with Crippen LogP contribution in [-0.4, -0.2) is 36.2 Å². The maximum atomic E-state index is 5.61. The van der Waals surface area contributed by atoms with Gasteiger partial charge in [-0.2, -0.15) is 0 Å². The van der Waals surface area contributed by atoms with Crippen LogP contribution >= 0.6 is 0 Å². The summed E-state index contributed by atoms with van der Waals surface area (Å²) in [6, 6.07) is 1.51. The third-order valence-electron chi connectivity index (χ3n) is 3.56. The van der Waals surface area contributed by atoms with Crippen LogP contribution in [0.3, 0.4) is 0 Å². The molecule has 0 N–H and O–H groups in total. The van der Waals surface area contributed by atoms with Crippen molar-refractivity contribution in [1.82, 2.24) is 4.90 Å². The Kier molecular flexibility index (Phi) is 2.61. The van der Waals surface area contributed by atoms with Crippen LogP contribution in [0.5, 0.6) is 0 Å². The van der Waals surface area contributed by atoms with Gasteiger partial charge < -0.3 is 4.74 Å². The van der Waals surface area contributed by atoms with Gasteiger partial charge in [0.2, 0.25) is 0 Å². The summed E-state index contributed by atoms with van der Waals surface area (Å²) >= 11 is 0. The van der Waals surface area contributed by atoms with Crippen LogP contribution in [0.25, 0.3) is 0 Å². The summed E-state index contributed by atoms with van der Waals surface area (Å²) in [5.74, 6) is 0.782. The SMILES string of the molecule is CCC(C(C)C)N1C[C@@H]2C[C@H]1CO2. The Morgan fingerprint density at radius 2 is 2.23 bits per heavy atom. The molecular formula is C11H21NO. The van der Waals surface area contributed by atoms with Gasteiger partial charge in [-0.15, -0.1) is 0 Å². The fraction of sp³-hybridized carbons (Fsp3) is 1.00. The van der Waals surface area contributed by atoms with E-state index in [1.165, 1.54) is 19.4 Å². The largest absolute Gasteiger partial charge is 0.375 e. The van der Waals surface area contributed by atoms with Crippen molar-refractivity contribution < 1.29 is 4.74 Å². The third-order valence-corrected chi connectivity index (χ3v) is 3.56. The first-order chi connectivity index (χ1) is 6.22. The minimum atomic E-state index is 0.554. The lowest BCUT2D eigenvalue weighted by Gasteiger charge is -2.36. The second-order valence-electron chi connectivity index (χ2n) is 4.76. The van der Waals surface area contributed by atoms with Crippen molar-refractivity contribution in [3.8, 4) is 0 Å². The Morgan fingerprint density at radius 1 is 1.46 bits per heavy atom. The molecule has 2 saturated heterocycles. The lowest BCUT2D eigenvalue weighted by Crippen LogP contribution is -2.46. The average molecular weight is 183 g/mol. The van der Waals surface area contributed by atoms with Crippen molar-refractivity contribution in [2.45, 2.75) is 51.8 Å². The van der Waals surface area contributed by atoms with Crippen LogP contribution in [0.15, 0.2) is 0 Å². The molecule has 0 spiro atoms. The van der Waals surface area contributed by atoms with Crippen LogP contribution < -0.4 is 0 Å². The summed E-state index contributed by atoms with van der Waals surface area (Å²) in [5.41, 5.74) is 0. The number of likely N-dealkylation sites (tertiary alicyclic amines) is 1. The van der Waals surface area contributed by atoms with E-state index in [1.54, 1.807) is 0 Å². The van der Waals surface area contributed by atoms with Gasteiger partial charge in [0.25, 0.3) is 0 Å². The third kappa shape index (κ3) is 1.62. The van der Waals surface area contributed by atoms with Gasteiger partial charge in [0, 0.05) is 18.6 Å². The van der Waals surface area contributed by atoms with E-state index in [9.17, 15) is 0 Å². The Balaban J connectivity index is 2.00. The molecule has 2 aliphatic rings. The predicted molar refractivity (Wildman–Crippen MR) is 53.8 cm³/mol. The first-order valence-electron chi connectivity index (χ1n) is 5.59. The van der Waals surface area contributed by atoms with Crippen molar-refractivity contribution in [2.24, 2.45) is 5.92 Å². The highest BCUT2D eigenvalue weighted by molar-refractivity contribution is 4.95. The Hall–Kier alpha value is -0.0800. The van der Waals surface area contributed by atoms with E-state index in [4.69, 9.17) is 4.74 Å². The molecule has 3 atom stereocenters. The molecule has 2 bridgehead atoms. The van der Waals surface area contributed by atoms with Crippen molar-refractivity contribution >= 4 is 0 Å². The molecule has 0 aromatic rings. The molecule has 2 rings (SSSR count). The van der Waals surface area contributed by atoms with Crippen LogP contribution in [0.4, 0.5) is 0 Å². The van der Waals surface area contributed by atoms with Gasteiger partial charge in [-0.05, 0) is 18.8 Å². The Morgan fingerprint density at radius 3 is 2.62 bits per heavy atom. The van der Waals surface area contributed by atoms with Gasteiger partial charge in [-0.1, -0.05) is 20.8 Å². The fourth-order valence-electron chi connectivity index (χ4n) is 2.92. The number of hydrogen-bond donors (Lipinski definition) is 0. The molecular weight excluding hydrogens is 162 g/mol. The standard InChI is InChI=1S/C11H21NO/c1-4-11(8(2)3)12-6-10-5-9(12)7-13-10/h8-11H,4-7H2,1-3H3/t9-,10-,11?/m0/s1. The first kappa shape index (κ1) is 9.47. The highest BCUT2D eigenvalue weighted by atomic mass is 16.5. The molecule has 2 heteroatoms. The summed E-state index contributed by atoms with van der Waals surface area (Å²) in [6.07, 6.45) is 3.11. The molecule has 2 fully saturated rings. The number of nitrogens with zero attached hydrogens (tertiary/aromatic N) is 1. The van der Waals surface area contributed by atoms with E-state index in [1.807, 2.05) is 0 Å². The smallest absolute Gasteiger partial charge is 0.0718 e. The molecule has 1 unspecified atom stereocenters. The van der Waals surface area contributed by atoms with E-state index in [0.717, 1.165) is 24.6 Å². The quantitative estimate of drug-likeness (QED) is 0.662. The van der Waals surface area contributed by atoms with Gasteiger partial charge in [0.1, 0.15) is 0 Å². The minimum absolute atomic E-state index is 0.554. The zero-order valence-electron chi connectivity index (χ0n) is 8.99. The van der Waals surface area contributed by atoms with Gasteiger partial charge in [0.15, 0.2) is 0 Å². The highest BCUT2D eigenvalue weighted by Gasteiger charge is 2.42. The molecule has 0 aromatic carbocycles. The van der Waals surface area contributed by atoms with E-state index < -0.39 is 0 Å². The maximum absolute atomic E-state index is 5.61. The van der Waals surface area contributed by atoms with Gasteiger partial charge >= 0.3 is 0 Å². The topological polar surface area (TPSA) is 12.5 Å². The zero-order chi connectivity index (χ0) is 9.42. The zero-order valence-corrected chi connectivity index (χ0v) is 8.99. The fourth-order valence-corrected chi connectivity index (χ4v) is 2.92. The normalized spacial score (nSPS) is 36.0. The second-order valence-corrected chi connectivity index (χ2v) is 4.76. The van der Waals surface area contributed by atoms with Crippen molar-refractivity contribution in [2.75, 3.05) is 13.2 Å². The summed E-state index contributed by atoms with van der Waals surface area (Å²) in [4.78, 5) is 2.68. The molecule has 0 amide bonds. The predicted octanol–water partition coefficient (Wildman–Crippen LogP) is 1.89. The molecule has 2 heterocycles. The van der Waals surface area contributed by atoms with Crippen LogP contribution in [-0.2, 0) is 4.74 Å². The van der Waals surface area contributed by atoms with E-state index in [-0.39, 0.29) is 0 Å². The van der Waals surface area contributed by atoms with Gasteiger partial charge in [-0.3, -0.25) is 4.90 Å². The Bertz CT molecular complexity index is 181. The van der Waals surface area contributed by atoms with E-state index in [2.05, 4.69) is 25.7 Å². The van der Waals surface area contributed by atoms with Crippen molar-refractivity contribution in [3.05, 3.63) is 0 Å². The summed E-state index contributed by atoms with van der Waals surface area (Å²) in [6.45, 7) is 9.13. The van der Waals surface area contributed by atoms with E-state index in [0.29, 0.717) is 6.10 Å². The summed E-state index contributed by atoms with van der Waals surface area (Å²) < 4.78 is 5.61. The number of ether oxygens (including phenoxy) is 1. The van der Waals surface area contributed by atoms with Crippen molar-refractivity contribution in [1.29, 1.82) is 0 Å². The molecule has 0 aliphatic carbocycles. The number of fused-ring (bicyclic) bond motifs is 2. The number of morpholine rings is 1. The van der Waals surface area contributed by atoms with Gasteiger partial charge in [-0.25, -0.2) is 0 Å². The summed E-state index contributed by atoms with van der Waals surface area (Å²) in [7, 11) is 0. The lowest BCUT2D eigenvalue weighted by atomic mass is 9.99. The van der Waals surface area contributed by atoms with Gasteiger partial charge in [0.05, 0.1) is 12.7 Å². The maximum Gasteiger partial charge on any atom is 0.0718 e. The molecule has 0 radical (unpaired) electrons. The highest BCUT2D eigenvalue weighted by Crippen LogP contribution is 2.32.